The molecule has 0 radical (unpaired) electrons. The first kappa shape index (κ1) is 25.7. The molecule has 9 nitrogen and oxygen atoms in total. The molecule has 2 aromatic heterocycles. The van der Waals surface area contributed by atoms with E-state index in [-0.39, 0.29) is 29.3 Å². The monoisotopic (exact) mass is 490 g/mol. The summed E-state index contributed by atoms with van der Waals surface area (Å²) in [5, 5.41) is 14.2. The fourth-order valence-corrected chi connectivity index (χ4v) is 3.63. The summed E-state index contributed by atoms with van der Waals surface area (Å²) in [6.45, 7) is 6.57. The molecule has 0 spiro atoms. The van der Waals surface area contributed by atoms with Crippen LogP contribution in [0.15, 0.2) is 24.4 Å². The molecule has 2 amide bonds. The van der Waals surface area contributed by atoms with Gasteiger partial charge in [-0.2, -0.15) is 0 Å². The van der Waals surface area contributed by atoms with Gasteiger partial charge < -0.3 is 25.2 Å². The van der Waals surface area contributed by atoms with Crippen molar-refractivity contribution in [2.75, 3.05) is 13.7 Å². The van der Waals surface area contributed by atoms with Crippen molar-refractivity contribution < 1.29 is 33.0 Å². The second-order valence-electron chi connectivity index (χ2n) is 8.48. The number of amides is 2. The highest BCUT2D eigenvalue weighted by atomic mass is 19.1. The Kier molecular flexibility index (Phi) is 7.47. The molecule has 2 heterocycles. The predicted molar refractivity (Wildman–Crippen MR) is 124 cm³/mol. The van der Waals surface area contributed by atoms with Gasteiger partial charge in [-0.05, 0) is 51.0 Å². The summed E-state index contributed by atoms with van der Waals surface area (Å²) in [5.74, 6) is -1.96. The fourth-order valence-electron chi connectivity index (χ4n) is 3.63. The minimum atomic E-state index is -1.18. The minimum absolute atomic E-state index is 0.0604. The molecule has 0 aliphatic heterocycles. The summed E-state index contributed by atoms with van der Waals surface area (Å²) in [6, 6.07) is 3.94. The summed E-state index contributed by atoms with van der Waals surface area (Å²) in [6.07, 6.45) is 0.967. The van der Waals surface area contributed by atoms with E-state index in [1.807, 2.05) is 6.92 Å². The molecule has 0 fully saturated rings. The highest BCUT2D eigenvalue weighted by Gasteiger charge is 2.27. The fraction of sp³-hybridized carbons (Fsp3) is 0.375. The van der Waals surface area contributed by atoms with Crippen LogP contribution in [-0.4, -0.2) is 45.7 Å². The van der Waals surface area contributed by atoms with Gasteiger partial charge in [0.05, 0.1) is 23.9 Å². The number of aromatic nitrogens is 2. The number of ether oxygens (including phenoxy) is 2. The number of carbonyl (C=O) groups excluding carboxylic acids is 1. The Bertz CT molecular complexity index is 1280. The van der Waals surface area contributed by atoms with Crippen LogP contribution in [0.5, 0.6) is 11.5 Å². The predicted octanol–water partition coefficient (Wildman–Crippen LogP) is 3.98. The standard InChI is InChI=1S/C24H28F2N4O5/c1-6-24(4,29-23(32)33)12-27-22(31)20-14(3)28-21-18(9-13(2)10-30(20)21)35-11-15-16(25)7-8-17(34-5)19(15)26/h7-10,29H,6,11-12H2,1-5H3,(H,27,31)(H,32,33). The lowest BCUT2D eigenvalue weighted by atomic mass is 9.99. The molecule has 1 aromatic carbocycles. The lowest BCUT2D eigenvalue weighted by Crippen LogP contribution is -2.52. The molecule has 0 saturated carbocycles. The first-order valence-corrected chi connectivity index (χ1v) is 10.9. The molecule has 3 aromatic rings. The number of carboxylic acid groups (broad SMARTS) is 1. The molecule has 0 bridgehead atoms. The molecule has 0 saturated heterocycles. The Morgan fingerprint density at radius 2 is 1.94 bits per heavy atom. The van der Waals surface area contributed by atoms with Crippen LogP contribution in [0.25, 0.3) is 5.65 Å². The van der Waals surface area contributed by atoms with Gasteiger partial charge in [0, 0.05) is 12.7 Å². The van der Waals surface area contributed by atoms with Gasteiger partial charge in [-0.1, -0.05) is 6.92 Å². The third-order valence-corrected chi connectivity index (χ3v) is 5.78. The van der Waals surface area contributed by atoms with E-state index in [1.54, 1.807) is 37.4 Å². The van der Waals surface area contributed by atoms with Crippen LogP contribution in [-0.2, 0) is 6.61 Å². The van der Waals surface area contributed by atoms with Gasteiger partial charge in [-0.15, -0.1) is 0 Å². The van der Waals surface area contributed by atoms with E-state index >= 15 is 0 Å². The first-order chi connectivity index (χ1) is 16.5. The number of benzene rings is 1. The van der Waals surface area contributed by atoms with Gasteiger partial charge in [0.25, 0.3) is 5.91 Å². The number of methoxy groups -OCH3 is 1. The number of pyridine rings is 1. The van der Waals surface area contributed by atoms with E-state index in [0.717, 1.165) is 11.6 Å². The normalized spacial score (nSPS) is 12.8. The molecule has 0 aliphatic rings. The van der Waals surface area contributed by atoms with Gasteiger partial charge in [-0.3, -0.25) is 9.20 Å². The maximum atomic E-state index is 14.5. The van der Waals surface area contributed by atoms with Crippen molar-refractivity contribution >= 4 is 17.6 Å². The molecule has 35 heavy (non-hydrogen) atoms. The Hall–Kier alpha value is -3.89. The van der Waals surface area contributed by atoms with Crippen LogP contribution in [0, 0.1) is 25.5 Å². The summed E-state index contributed by atoms with van der Waals surface area (Å²) >= 11 is 0. The summed E-state index contributed by atoms with van der Waals surface area (Å²) < 4.78 is 41.0. The third kappa shape index (κ3) is 5.44. The highest BCUT2D eigenvalue weighted by molar-refractivity contribution is 5.95. The summed E-state index contributed by atoms with van der Waals surface area (Å²) in [4.78, 5) is 28.6. The van der Waals surface area contributed by atoms with Crippen molar-refractivity contribution in [2.45, 2.75) is 46.3 Å². The quantitative estimate of drug-likeness (QED) is 0.418. The number of rotatable bonds is 9. The number of imidazole rings is 1. The highest BCUT2D eigenvalue weighted by Crippen LogP contribution is 2.28. The van der Waals surface area contributed by atoms with Crippen molar-refractivity contribution in [1.29, 1.82) is 0 Å². The number of carbonyl (C=O) groups is 2. The van der Waals surface area contributed by atoms with Gasteiger partial charge in [-0.25, -0.2) is 18.6 Å². The lowest BCUT2D eigenvalue weighted by molar-refractivity contribution is 0.0930. The van der Waals surface area contributed by atoms with Crippen molar-refractivity contribution in [3.05, 3.63) is 58.5 Å². The second-order valence-corrected chi connectivity index (χ2v) is 8.48. The van der Waals surface area contributed by atoms with Crippen molar-refractivity contribution in [3.8, 4) is 11.5 Å². The number of aryl methyl sites for hydroxylation is 2. The van der Waals surface area contributed by atoms with Crippen LogP contribution >= 0.6 is 0 Å². The van der Waals surface area contributed by atoms with Gasteiger partial charge >= 0.3 is 6.09 Å². The number of fused-ring (bicyclic) bond motifs is 1. The van der Waals surface area contributed by atoms with E-state index in [9.17, 15) is 18.4 Å². The van der Waals surface area contributed by atoms with E-state index in [4.69, 9.17) is 14.6 Å². The molecule has 1 atom stereocenters. The molecule has 3 N–H and O–H groups in total. The Morgan fingerprint density at radius 1 is 1.23 bits per heavy atom. The molecular weight excluding hydrogens is 462 g/mol. The Balaban J connectivity index is 1.90. The van der Waals surface area contributed by atoms with Crippen LogP contribution in [0.2, 0.25) is 0 Å². The summed E-state index contributed by atoms with van der Waals surface area (Å²) in [7, 11) is 1.28. The number of nitrogens with one attached hydrogen (secondary N) is 2. The first-order valence-electron chi connectivity index (χ1n) is 10.9. The Labute approximate surface area is 201 Å². The summed E-state index contributed by atoms with van der Waals surface area (Å²) in [5.41, 5.74) is 0.503. The average molecular weight is 491 g/mol. The van der Waals surface area contributed by atoms with Gasteiger partial charge in [0.1, 0.15) is 18.1 Å². The smallest absolute Gasteiger partial charge is 0.405 e. The topological polar surface area (TPSA) is 114 Å². The number of hydrogen-bond acceptors (Lipinski definition) is 5. The van der Waals surface area contributed by atoms with Gasteiger partial charge in [0.15, 0.2) is 23.0 Å². The van der Waals surface area contributed by atoms with Crippen LogP contribution < -0.4 is 20.1 Å². The van der Waals surface area contributed by atoms with Crippen LogP contribution in [0.4, 0.5) is 13.6 Å². The molecule has 0 aliphatic carbocycles. The number of nitrogens with zero attached hydrogens (tertiary/aromatic N) is 2. The van der Waals surface area contributed by atoms with Crippen LogP contribution in [0.1, 0.15) is 47.6 Å². The van der Waals surface area contributed by atoms with Crippen molar-refractivity contribution in [1.82, 2.24) is 20.0 Å². The second kappa shape index (κ2) is 10.2. The molecule has 188 valence electrons. The van der Waals surface area contributed by atoms with Crippen molar-refractivity contribution in [3.63, 3.8) is 0 Å². The molecule has 1 unspecified atom stereocenters. The van der Waals surface area contributed by atoms with E-state index in [1.165, 1.54) is 13.2 Å². The minimum Gasteiger partial charge on any atom is -0.494 e. The molecule has 3 rings (SSSR count). The lowest BCUT2D eigenvalue weighted by Gasteiger charge is -2.28. The zero-order valence-corrected chi connectivity index (χ0v) is 20.2. The molecule has 11 heteroatoms. The SMILES string of the molecule is CCC(C)(CNC(=O)c1c(C)nc2c(OCc3c(F)ccc(OC)c3F)cc(C)cn12)NC(=O)O. The van der Waals surface area contributed by atoms with E-state index in [2.05, 4.69) is 15.6 Å². The maximum Gasteiger partial charge on any atom is 0.405 e. The number of halogens is 2. The van der Waals surface area contributed by atoms with Crippen molar-refractivity contribution in [2.24, 2.45) is 0 Å². The van der Waals surface area contributed by atoms with Crippen LogP contribution in [0.3, 0.4) is 0 Å². The average Bonchev–Trinajstić information content (AvgIpc) is 3.12. The van der Waals surface area contributed by atoms with Gasteiger partial charge in [0.2, 0.25) is 0 Å². The molecular formula is C24H28F2N4O5. The zero-order valence-electron chi connectivity index (χ0n) is 20.2. The Morgan fingerprint density at radius 3 is 2.57 bits per heavy atom. The van der Waals surface area contributed by atoms with E-state index in [0.29, 0.717) is 17.8 Å². The number of hydrogen-bond donors (Lipinski definition) is 3. The zero-order chi connectivity index (χ0) is 25.9. The third-order valence-electron chi connectivity index (χ3n) is 5.78. The van der Waals surface area contributed by atoms with E-state index < -0.39 is 35.8 Å². The maximum absolute atomic E-state index is 14.5. The largest absolute Gasteiger partial charge is 0.494 e.